The lowest BCUT2D eigenvalue weighted by Crippen LogP contribution is -2.37. The summed E-state index contributed by atoms with van der Waals surface area (Å²) in [5.74, 6) is -0.324. The number of fused-ring (bicyclic) bond motifs is 1. The lowest BCUT2D eigenvalue weighted by atomic mass is 10.1. The van der Waals surface area contributed by atoms with Crippen molar-refractivity contribution in [3.63, 3.8) is 0 Å². The van der Waals surface area contributed by atoms with Crippen LogP contribution in [0.1, 0.15) is 33.9 Å². The Bertz CT molecular complexity index is 1010. The number of para-hydroxylation sites is 1. The predicted octanol–water partition coefficient (Wildman–Crippen LogP) is 2.86. The molecule has 0 radical (unpaired) electrons. The van der Waals surface area contributed by atoms with Crippen LogP contribution in [0, 0.1) is 6.92 Å². The zero-order valence-corrected chi connectivity index (χ0v) is 17.5. The van der Waals surface area contributed by atoms with Crippen LogP contribution < -0.4 is 10.9 Å². The first-order valence-electron chi connectivity index (χ1n) is 9.36. The van der Waals surface area contributed by atoms with Gasteiger partial charge in [-0.1, -0.05) is 12.1 Å². The van der Waals surface area contributed by atoms with Gasteiger partial charge in [-0.3, -0.25) is 9.59 Å². The van der Waals surface area contributed by atoms with Gasteiger partial charge in [0.15, 0.2) is 0 Å². The summed E-state index contributed by atoms with van der Waals surface area (Å²) < 4.78 is 2.77. The first kappa shape index (κ1) is 20.2. The molecule has 2 aromatic heterocycles. The second-order valence-corrected chi connectivity index (χ2v) is 8.39. The number of nitrogens with zero attached hydrogens (tertiary/aromatic N) is 3. The van der Waals surface area contributed by atoms with Gasteiger partial charge in [0.25, 0.3) is 11.5 Å². The molecule has 3 aromatic rings. The molecule has 3 rings (SSSR count). The summed E-state index contributed by atoms with van der Waals surface area (Å²) in [6.07, 6.45) is 2.41. The molecule has 6 nitrogen and oxygen atoms in total. The molecule has 0 aliphatic carbocycles. The number of aryl methyl sites for hydroxylation is 1. The fraction of sp³-hybridized carbons (Fsp3) is 0.381. The van der Waals surface area contributed by atoms with Gasteiger partial charge in [0.2, 0.25) is 0 Å². The number of benzene rings is 1. The smallest absolute Gasteiger partial charge is 0.263 e. The van der Waals surface area contributed by atoms with Crippen molar-refractivity contribution in [3.05, 3.63) is 63.0 Å². The fourth-order valence-corrected chi connectivity index (χ4v) is 4.25. The molecule has 148 valence electrons. The molecule has 0 fully saturated rings. The van der Waals surface area contributed by atoms with Crippen molar-refractivity contribution in [2.45, 2.75) is 26.3 Å². The third kappa shape index (κ3) is 4.48. The Balaban J connectivity index is 1.70. The molecular weight excluding hydrogens is 372 g/mol. The highest BCUT2D eigenvalue weighted by Gasteiger charge is 2.18. The molecule has 28 heavy (non-hydrogen) atoms. The number of nitrogens with one attached hydrogen (secondary N) is 1. The van der Waals surface area contributed by atoms with Crippen LogP contribution in [0.5, 0.6) is 0 Å². The van der Waals surface area contributed by atoms with Crippen LogP contribution in [0.15, 0.2) is 41.3 Å². The summed E-state index contributed by atoms with van der Waals surface area (Å²) >= 11 is 1.63. The summed E-state index contributed by atoms with van der Waals surface area (Å²) in [5, 5.41) is 3.86. The van der Waals surface area contributed by atoms with Crippen LogP contribution in [0.25, 0.3) is 10.2 Å². The van der Waals surface area contributed by atoms with Gasteiger partial charge < -0.3 is 14.8 Å². The van der Waals surface area contributed by atoms with E-state index in [2.05, 4.69) is 10.3 Å². The maximum atomic E-state index is 12.9. The number of thiazole rings is 1. The molecule has 0 aliphatic rings. The van der Waals surface area contributed by atoms with Gasteiger partial charge in [0.1, 0.15) is 5.56 Å². The molecule has 1 N–H and O–H groups in total. The van der Waals surface area contributed by atoms with E-state index in [0.717, 1.165) is 21.8 Å². The van der Waals surface area contributed by atoms with Crippen molar-refractivity contribution in [2.24, 2.45) is 0 Å². The van der Waals surface area contributed by atoms with Crippen molar-refractivity contribution in [3.8, 4) is 0 Å². The lowest BCUT2D eigenvalue weighted by molar-refractivity contribution is 0.0951. The van der Waals surface area contributed by atoms with Crippen molar-refractivity contribution >= 4 is 27.5 Å². The maximum Gasteiger partial charge on any atom is 0.263 e. The Morgan fingerprint density at radius 1 is 1.29 bits per heavy atom. The van der Waals surface area contributed by atoms with Gasteiger partial charge in [-0.15, -0.1) is 11.3 Å². The number of aromatic nitrogens is 2. The van der Waals surface area contributed by atoms with Crippen molar-refractivity contribution in [1.29, 1.82) is 0 Å². The predicted molar refractivity (Wildman–Crippen MR) is 114 cm³/mol. The Labute approximate surface area is 168 Å². The van der Waals surface area contributed by atoms with E-state index >= 15 is 0 Å². The molecule has 0 saturated heterocycles. The Hall–Kier alpha value is -2.51. The molecule has 0 bridgehead atoms. The quantitative estimate of drug-likeness (QED) is 0.665. The topological polar surface area (TPSA) is 67.2 Å². The summed E-state index contributed by atoms with van der Waals surface area (Å²) in [5.41, 5.74) is 1.64. The van der Waals surface area contributed by atoms with Crippen LogP contribution in [0.2, 0.25) is 0 Å². The van der Waals surface area contributed by atoms with E-state index in [0.29, 0.717) is 18.5 Å². The van der Waals surface area contributed by atoms with Crippen molar-refractivity contribution < 1.29 is 4.79 Å². The standard InChI is InChI=1S/C21H26N4O2S/c1-14-10-12-25(15(2)13-24(3)4)21(27)19(14)20(26)22-11-9-18-23-16-7-5-6-8-17(16)28-18/h5-8,10,12,15H,9,11,13H2,1-4H3,(H,22,26). The molecule has 7 heteroatoms. The number of carbonyl (C=O) groups excluding carboxylic acids is 1. The first-order valence-corrected chi connectivity index (χ1v) is 10.2. The van der Waals surface area contributed by atoms with Gasteiger partial charge in [-0.2, -0.15) is 0 Å². The normalized spacial score (nSPS) is 12.5. The number of hydrogen-bond donors (Lipinski definition) is 1. The highest BCUT2D eigenvalue weighted by atomic mass is 32.1. The second kappa shape index (κ2) is 8.67. The average Bonchev–Trinajstić information content (AvgIpc) is 3.03. The van der Waals surface area contributed by atoms with Gasteiger partial charge in [0.05, 0.1) is 15.2 Å². The summed E-state index contributed by atoms with van der Waals surface area (Å²) in [6, 6.07) is 9.80. The van der Waals surface area contributed by atoms with E-state index in [4.69, 9.17) is 0 Å². The highest BCUT2D eigenvalue weighted by molar-refractivity contribution is 7.18. The van der Waals surface area contributed by atoms with E-state index in [1.807, 2.05) is 56.3 Å². The van der Waals surface area contributed by atoms with Crippen LogP contribution in [-0.4, -0.2) is 47.5 Å². The van der Waals surface area contributed by atoms with Crippen LogP contribution in [0.3, 0.4) is 0 Å². The first-order chi connectivity index (χ1) is 13.4. The Kier molecular flexibility index (Phi) is 6.26. The molecule has 0 spiro atoms. The fourth-order valence-electron chi connectivity index (χ4n) is 3.28. The van der Waals surface area contributed by atoms with Crippen LogP contribution in [-0.2, 0) is 6.42 Å². The van der Waals surface area contributed by atoms with E-state index in [1.165, 1.54) is 0 Å². The third-order valence-electron chi connectivity index (χ3n) is 4.62. The summed E-state index contributed by atoms with van der Waals surface area (Å²) in [7, 11) is 3.93. The van der Waals surface area contributed by atoms with Gasteiger partial charge in [0, 0.05) is 31.7 Å². The zero-order chi connectivity index (χ0) is 20.3. The van der Waals surface area contributed by atoms with Crippen LogP contribution in [0.4, 0.5) is 0 Å². The molecule has 2 heterocycles. The zero-order valence-electron chi connectivity index (χ0n) is 16.7. The Morgan fingerprint density at radius 2 is 2.04 bits per heavy atom. The number of hydrogen-bond acceptors (Lipinski definition) is 5. The minimum absolute atomic E-state index is 0.0163. The largest absolute Gasteiger partial charge is 0.351 e. The lowest BCUT2D eigenvalue weighted by Gasteiger charge is -2.20. The van der Waals surface area contributed by atoms with Crippen molar-refractivity contribution in [2.75, 3.05) is 27.2 Å². The number of rotatable bonds is 7. The number of likely N-dealkylation sites (N-methyl/N-ethyl adjacent to an activating group) is 1. The average molecular weight is 399 g/mol. The summed E-state index contributed by atoms with van der Waals surface area (Å²) in [4.78, 5) is 32.2. The molecule has 0 saturated carbocycles. The number of pyridine rings is 1. The highest BCUT2D eigenvalue weighted by Crippen LogP contribution is 2.21. The van der Waals surface area contributed by atoms with E-state index in [9.17, 15) is 9.59 Å². The van der Waals surface area contributed by atoms with Gasteiger partial charge in [-0.25, -0.2) is 4.98 Å². The molecule has 0 aliphatic heterocycles. The molecule has 1 unspecified atom stereocenters. The molecule has 1 aromatic carbocycles. The number of amides is 1. The monoisotopic (exact) mass is 398 g/mol. The Morgan fingerprint density at radius 3 is 2.75 bits per heavy atom. The third-order valence-corrected chi connectivity index (χ3v) is 5.72. The molecular formula is C21H26N4O2S. The van der Waals surface area contributed by atoms with Gasteiger partial charge in [-0.05, 0) is 51.7 Å². The van der Waals surface area contributed by atoms with E-state index < -0.39 is 0 Å². The molecule has 1 amide bonds. The van der Waals surface area contributed by atoms with Crippen LogP contribution >= 0.6 is 11.3 Å². The maximum absolute atomic E-state index is 12.9. The van der Waals surface area contributed by atoms with Gasteiger partial charge >= 0.3 is 0 Å². The molecule has 1 atom stereocenters. The second-order valence-electron chi connectivity index (χ2n) is 7.28. The SMILES string of the molecule is Cc1ccn(C(C)CN(C)C)c(=O)c1C(=O)NCCc1nc2ccccc2s1. The number of carbonyl (C=O) groups is 1. The van der Waals surface area contributed by atoms with E-state index in [-0.39, 0.29) is 23.1 Å². The van der Waals surface area contributed by atoms with Crippen molar-refractivity contribution in [1.82, 2.24) is 19.8 Å². The van der Waals surface area contributed by atoms with E-state index in [1.54, 1.807) is 29.0 Å². The summed E-state index contributed by atoms with van der Waals surface area (Å²) in [6.45, 7) is 4.94. The minimum Gasteiger partial charge on any atom is -0.351 e. The minimum atomic E-state index is -0.324.